The van der Waals surface area contributed by atoms with E-state index in [0.717, 1.165) is 24.3 Å². The third-order valence-corrected chi connectivity index (χ3v) is 3.86. The Kier molecular flexibility index (Phi) is 6.44. The maximum absolute atomic E-state index is 12.6. The van der Waals surface area contributed by atoms with Crippen LogP contribution in [0.2, 0.25) is 0 Å². The summed E-state index contributed by atoms with van der Waals surface area (Å²) in [7, 11) is 1.54. The fourth-order valence-corrected chi connectivity index (χ4v) is 2.42. The van der Waals surface area contributed by atoms with E-state index in [1.54, 1.807) is 24.3 Å². The minimum atomic E-state index is -4.45. The van der Waals surface area contributed by atoms with Crippen LogP contribution in [0.15, 0.2) is 48.5 Å². The van der Waals surface area contributed by atoms with Crippen molar-refractivity contribution >= 4 is 17.5 Å². The molecule has 2 rings (SSSR count). The first-order chi connectivity index (χ1) is 12.7. The first kappa shape index (κ1) is 20.3. The van der Waals surface area contributed by atoms with Crippen molar-refractivity contribution in [2.24, 2.45) is 0 Å². The quantitative estimate of drug-likeness (QED) is 0.835. The number of nitrogens with zero attached hydrogens (tertiary/aromatic N) is 1. The molecule has 0 atom stereocenters. The van der Waals surface area contributed by atoms with Crippen LogP contribution >= 0.6 is 0 Å². The van der Waals surface area contributed by atoms with Gasteiger partial charge in [-0.2, -0.15) is 13.2 Å². The number of amides is 2. The van der Waals surface area contributed by atoms with Crippen molar-refractivity contribution in [1.82, 2.24) is 5.32 Å². The normalized spacial score (nSPS) is 11.0. The van der Waals surface area contributed by atoms with E-state index in [0.29, 0.717) is 11.4 Å². The average Bonchev–Trinajstić information content (AvgIpc) is 2.64. The highest BCUT2D eigenvalue weighted by Crippen LogP contribution is 2.29. The number of carbonyl (C=O) groups excluding carboxylic acids is 2. The van der Waals surface area contributed by atoms with Gasteiger partial charge in [0.25, 0.3) is 5.91 Å². The second-order valence-electron chi connectivity index (χ2n) is 5.70. The number of benzene rings is 2. The van der Waals surface area contributed by atoms with E-state index in [1.807, 2.05) is 0 Å². The lowest BCUT2D eigenvalue weighted by Gasteiger charge is -2.21. The van der Waals surface area contributed by atoms with E-state index in [2.05, 4.69) is 5.32 Å². The Balaban J connectivity index is 1.95. The molecule has 0 bridgehead atoms. The molecular formula is C19H19F3N2O3. The molecule has 5 nitrogen and oxygen atoms in total. The van der Waals surface area contributed by atoms with E-state index >= 15 is 0 Å². The van der Waals surface area contributed by atoms with Crippen LogP contribution in [0.1, 0.15) is 22.8 Å². The minimum Gasteiger partial charge on any atom is -0.497 e. The molecule has 0 saturated carbocycles. The number of alkyl halides is 3. The van der Waals surface area contributed by atoms with Crippen molar-refractivity contribution < 1.29 is 27.5 Å². The number of rotatable bonds is 6. The Labute approximate surface area is 154 Å². The van der Waals surface area contributed by atoms with Crippen LogP contribution in [0.4, 0.5) is 18.9 Å². The molecule has 0 saturated heterocycles. The predicted octanol–water partition coefficient (Wildman–Crippen LogP) is 3.50. The molecule has 2 amide bonds. The Hall–Kier alpha value is -3.03. The maximum atomic E-state index is 12.6. The molecule has 0 heterocycles. The largest absolute Gasteiger partial charge is 0.497 e. The molecule has 8 heteroatoms. The van der Waals surface area contributed by atoms with E-state index in [-0.39, 0.29) is 24.6 Å². The molecule has 144 valence electrons. The molecule has 0 fully saturated rings. The van der Waals surface area contributed by atoms with Gasteiger partial charge in [-0.15, -0.1) is 0 Å². The van der Waals surface area contributed by atoms with Crippen LogP contribution in [-0.2, 0) is 11.0 Å². The van der Waals surface area contributed by atoms with Gasteiger partial charge in [0.1, 0.15) is 5.75 Å². The van der Waals surface area contributed by atoms with Crippen molar-refractivity contribution in [3.05, 3.63) is 59.7 Å². The highest BCUT2D eigenvalue weighted by atomic mass is 19.4. The van der Waals surface area contributed by atoms with Crippen molar-refractivity contribution in [1.29, 1.82) is 0 Å². The second kappa shape index (κ2) is 8.57. The van der Waals surface area contributed by atoms with E-state index in [4.69, 9.17) is 4.74 Å². The summed E-state index contributed by atoms with van der Waals surface area (Å²) in [5.74, 6) is -0.0660. The Morgan fingerprint density at radius 2 is 1.63 bits per heavy atom. The zero-order chi connectivity index (χ0) is 20.0. The molecule has 27 heavy (non-hydrogen) atoms. The van der Waals surface area contributed by atoms with Crippen LogP contribution in [0.25, 0.3) is 0 Å². The standard InChI is InChI=1S/C19H19F3N2O3/c1-13(25)24(16-7-9-17(27-2)10-8-16)12-11-23-18(26)14-3-5-15(6-4-14)19(20,21)22/h3-10H,11-12H2,1-2H3,(H,23,26). The van der Waals surface area contributed by atoms with Crippen LogP contribution in [0.5, 0.6) is 5.75 Å². The van der Waals surface area contributed by atoms with Crippen molar-refractivity contribution in [2.45, 2.75) is 13.1 Å². The van der Waals surface area contributed by atoms with Crippen LogP contribution in [0, 0.1) is 0 Å². The van der Waals surface area contributed by atoms with Gasteiger partial charge in [-0.3, -0.25) is 9.59 Å². The van der Waals surface area contributed by atoms with Gasteiger partial charge in [-0.25, -0.2) is 0 Å². The van der Waals surface area contributed by atoms with E-state index in [1.165, 1.54) is 18.9 Å². The lowest BCUT2D eigenvalue weighted by atomic mass is 10.1. The monoisotopic (exact) mass is 380 g/mol. The summed E-state index contributed by atoms with van der Waals surface area (Å²) in [4.78, 5) is 25.4. The summed E-state index contributed by atoms with van der Waals surface area (Å²) in [6.07, 6.45) is -4.45. The van der Waals surface area contributed by atoms with Gasteiger partial charge in [0, 0.05) is 31.3 Å². The summed E-state index contributed by atoms with van der Waals surface area (Å²) in [5.41, 5.74) is -0.0600. The maximum Gasteiger partial charge on any atom is 0.416 e. The van der Waals surface area contributed by atoms with Crippen molar-refractivity contribution in [3.63, 3.8) is 0 Å². The van der Waals surface area contributed by atoms with Crippen molar-refractivity contribution in [2.75, 3.05) is 25.1 Å². The van der Waals surface area contributed by atoms with Gasteiger partial charge in [0.15, 0.2) is 0 Å². The summed E-state index contributed by atoms with van der Waals surface area (Å²) in [6, 6.07) is 10.8. The summed E-state index contributed by atoms with van der Waals surface area (Å²) in [5, 5.41) is 2.60. The average molecular weight is 380 g/mol. The lowest BCUT2D eigenvalue weighted by Crippen LogP contribution is -2.37. The molecule has 0 aliphatic rings. The lowest BCUT2D eigenvalue weighted by molar-refractivity contribution is -0.137. The topological polar surface area (TPSA) is 58.6 Å². The molecule has 0 aromatic heterocycles. The minimum absolute atomic E-state index is 0.113. The number of nitrogens with one attached hydrogen (secondary N) is 1. The Morgan fingerprint density at radius 1 is 1.04 bits per heavy atom. The van der Waals surface area contributed by atoms with Crippen LogP contribution in [-0.4, -0.2) is 32.0 Å². The predicted molar refractivity (Wildman–Crippen MR) is 94.8 cm³/mol. The number of methoxy groups -OCH3 is 1. The number of carbonyl (C=O) groups is 2. The molecule has 0 aliphatic heterocycles. The van der Waals surface area contributed by atoms with Gasteiger partial charge >= 0.3 is 6.18 Å². The Bertz CT molecular complexity index is 787. The fraction of sp³-hybridized carbons (Fsp3) is 0.263. The van der Waals surface area contributed by atoms with Gasteiger partial charge in [-0.05, 0) is 48.5 Å². The number of hydrogen-bond acceptors (Lipinski definition) is 3. The molecule has 2 aromatic carbocycles. The Morgan fingerprint density at radius 3 is 2.11 bits per heavy atom. The number of hydrogen-bond donors (Lipinski definition) is 1. The molecule has 0 aliphatic carbocycles. The third-order valence-electron chi connectivity index (χ3n) is 3.86. The van der Waals surface area contributed by atoms with Crippen molar-refractivity contribution in [3.8, 4) is 5.75 Å². The van der Waals surface area contributed by atoms with Gasteiger partial charge in [0.05, 0.1) is 12.7 Å². The van der Waals surface area contributed by atoms with E-state index < -0.39 is 17.6 Å². The van der Waals surface area contributed by atoms with E-state index in [9.17, 15) is 22.8 Å². The first-order valence-electron chi connectivity index (χ1n) is 8.10. The number of anilines is 1. The second-order valence-corrected chi connectivity index (χ2v) is 5.70. The number of halogens is 3. The van der Waals surface area contributed by atoms with Gasteiger partial charge in [0.2, 0.25) is 5.91 Å². The first-order valence-corrected chi connectivity index (χ1v) is 8.10. The third kappa shape index (κ3) is 5.47. The molecule has 1 N–H and O–H groups in total. The number of ether oxygens (including phenoxy) is 1. The summed E-state index contributed by atoms with van der Waals surface area (Å²) in [6.45, 7) is 1.77. The highest BCUT2D eigenvalue weighted by molar-refractivity contribution is 5.94. The molecule has 0 unspecified atom stereocenters. The molecule has 0 spiro atoms. The summed E-state index contributed by atoms with van der Waals surface area (Å²) < 4.78 is 42.7. The summed E-state index contributed by atoms with van der Waals surface area (Å²) >= 11 is 0. The SMILES string of the molecule is COc1ccc(N(CCNC(=O)c2ccc(C(F)(F)F)cc2)C(C)=O)cc1. The highest BCUT2D eigenvalue weighted by Gasteiger charge is 2.30. The fourth-order valence-electron chi connectivity index (χ4n) is 2.42. The zero-order valence-corrected chi connectivity index (χ0v) is 14.8. The van der Waals surface area contributed by atoms with Gasteiger partial charge in [-0.1, -0.05) is 0 Å². The molecule has 0 radical (unpaired) electrons. The molecular weight excluding hydrogens is 361 g/mol. The van der Waals surface area contributed by atoms with Gasteiger partial charge < -0.3 is 15.0 Å². The van der Waals surface area contributed by atoms with Crippen LogP contribution in [0.3, 0.4) is 0 Å². The molecule has 2 aromatic rings. The zero-order valence-electron chi connectivity index (χ0n) is 14.8. The smallest absolute Gasteiger partial charge is 0.416 e. The van der Waals surface area contributed by atoms with Crippen LogP contribution < -0.4 is 15.0 Å².